The average molecular weight is 1120 g/mol. The standard InChI is InChI=1S/C20H32Cl3N3O5.C15H24Cl3N3O5.C10H18O3/c1-6-13(4)10-30-16(12(2)3)17(27)24-14(5)18(28)26-9-7-8-15(25-26)19(29)31-11-20(21,22)23;1-9(19-13(24)26-14(2,3)4)11(22)21-7-5-6-10(20-21)12(23)25-8-15(16,17)18;1-5-8(4)6-13-9(7(2)3)10(11)12/h6,12-16,25H,1,7-11H2,2-5H3,(H,24,27);9-10,20H,5-8H2,1-4H3,(H,19,24);5,7-9H,1,6H2,2-4H3,(H,11,12)/t13?,14-,15-,16-;9-,10-;8?,9-/m000/s1. The summed E-state index contributed by atoms with van der Waals surface area (Å²) in [6.07, 6.45) is 3.48. The van der Waals surface area contributed by atoms with Crippen molar-refractivity contribution in [3.05, 3.63) is 25.3 Å². The minimum absolute atomic E-state index is 0.00508. The number of hydrazine groups is 2. The van der Waals surface area contributed by atoms with Gasteiger partial charge in [-0.2, -0.15) is 0 Å². The molecule has 0 saturated carbocycles. The highest BCUT2D eigenvalue weighted by molar-refractivity contribution is 6.68. The summed E-state index contributed by atoms with van der Waals surface area (Å²) in [6, 6.07) is -3.15. The molecule has 0 aromatic rings. The maximum atomic E-state index is 12.8. The van der Waals surface area contributed by atoms with E-state index < -0.39 is 86.1 Å². The molecule has 25 heteroatoms. The lowest BCUT2D eigenvalue weighted by atomic mass is 10.1. The van der Waals surface area contributed by atoms with Crippen LogP contribution in [0.5, 0.6) is 0 Å². The van der Waals surface area contributed by atoms with Crippen molar-refractivity contribution >= 4 is 111 Å². The Balaban J connectivity index is 0.00000110. The minimum atomic E-state index is -1.71. The van der Waals surface area contributed by atoms with E-state index in [-0.39, 0.29) is 42.1 Å². The van der Waals surface area contributed by atoms with Crippen molar-refractivity contribution in [2.45, 2.75) is 151 Å². The molecule has 70 heavy (non-hydrogen) atoms. The first-order chi connectivity index (χ1) is 32.1. The van der Waals surface area contributed by atoms with E-state index in [1.54, 1.807) is 39.8 Å². The van der Waals surface area contributed by atoms with E-state index in [0.29, 0.717) is 52.0 Å². The van der Waals surface area contributed by atoms with E-state index in [1.165, 1.54) is 16.9 Å². The van der Waals surface area contributed by atoms with Crippen molar-refractivity contribution in [3.63, 3.8) is 0 Å². The average Bonchev–Trinajstić information content (AvgIpc) is 3.25. The molecule has 19 nitrogen and oxygen atoms in total. The molecular weight excluding hydrogens is 1050 g/mol. The van der Waals surface area contributed by atoms with Crippen molar-refractivity contribution in [1.29, 1.82) is 0 Å². The van der Waals surface area contributed by atoms with Crippen molar-refractivity contribution in [3.8, 4) is 0 Å². The Hall–Kier alpha value is -2.85. The van der Waals surface area contributed by atoms with Crippen LogP contribution in [-0.4, -0.2) is 146 Å². The highest BCUT2D eigenvalue weighted by atomic mass is 35.6. The molecule has 2 aliphatic heterocycles. The number of halogens is 6. The maximum Gasteiger partial charge on any atom is 0.408 e. The molecule has 2 aliphatic rings. The molecule has 0 aromatic carbocycles. The molecule has 2 unspecified atom stereocenters. The largest absolute Gasteiger partial charge is 0.479 e. The van der Waals surface area contributed by atoms with Crippen LogP contribution in [-0.2, 0) is 52.5 Å². The van der Waals surface area contributed by atoms with Gasteiger partial charge in [0.25, 0.3) is 11.8 Å². The Morgan fingerprint density at radius 2 is 1.03 bits per heavy atom. The van der Waals surface area contributed by atoms with Gasteiger partial charge in [-0.05, 0) is 84.0 Å². The van der Waals surface area contributed by atoms with Gasteiger partial charge >= 0.3 is 24.0 Å². The Kier molecular flexibility index (Phi) is 31.0. The molecule has 0 spiro atoms. The molecule has 8 atom stereocenters. The number of hydrogen-bond donors (Lipinski definition) is 5. The number of carbonyl (C=O) groups is 7. The second-order valence-electron chi connectivity index (χ2n) is 18.4. The minimum Gasteiger partial charge on any atom is -0.479 e. The molecule has 4 amide bonds. The molecule has 0 aliphatic carbocycles. The molecule has 0 bridgehead atoms. The zero-order chi connectivity index (χ0) is 54.3. The van der Waals surface area contributed by atoms with E-state index >= 15 is 0 Å². The Morgan fingerprint density at radius 3 is 1.36 bits per heavy atom. The Bertz CT molecular complexity index is 1710. The van der Waals surface area contributed by atoms with E-state index in [1.807, 2.05) is 41.5 Å². The van der Waals surface area contributed by atoms with Gasteiger partial charge in [-0.1, -0.05) is 123 Å². The SMILES string of the molecule is C=CC(C)CO[C@H](C(=O)N[C@@H](C)C(=O)N1CCC[C@@H](C(=O)OCC(Cl)(Cl)Cl)N1)C(C)C.C=CC(C)CO[C@H](C(=O)O)C(C)C.C[C@H](NC(=O)OC(C)(C)C)C(=O)N1CCC[C@@H](C(=O)OCC(Cl)(Cl)Cl)N1. The maximum absolute atomic E-state index is 12.8. The van der Waals surface area contributed by atoms with Crippen molar-refractivity contribution in [1.82, 2.24) is 31.5 Å². The summed E-state index contributed by atoms with van der Waals surface area (Å²) in [5, 5.41) is 16.5. The molecule has 0 radical (unpaired) electrons. The zero-order valence-corrected chi connectivity index (χ0v) is 46.5. The number of amides is 4. The number of nitrogens with one attached hydrogen (secondary N) is 4. The van der Waals surface area contributed by atoms with Crippen LogP contribution in [0.2, 0.25) is 0 Å². The Morgan fingerprint density at radius 1 is 0.657 bits per heavy atom. The van der Waals surface area contributed by atoms with Gasteiger partial charge in [0.1, 0.15) is 49.1 Å². The number of carbonyl (C=O) groups excluding carboxylic acids is 6. The number of carboxylic acid groups (broad SMARTS) is 1. The Labute approximate surface area is 442 Å². The molecule has 2 fully saturated rings. The van der Waals surface area contributed by atoms with Crippen LogP contribution in [0.1, 0.15) is 102 Å². The summed E-state index contributed by atoms with van der Waals surface area (Å²) < 4.78 is 22.6. The summed E-state index contributed by atoms with van der Waals surface area (Å²) in [5.74, 6) is -3.09. The van der Waals surface area contributed by atoms with Crippen LogP contribution in [0.4, 0.5) is 4.79 Å². The van der Waals surface area contributed by atoms with Crippen LogP contribution in [0, 0.1) is 23.7 Å². The third-order valence-electron chi connectivity index (χ3n) is 9.66. The molecule has 0 aromatic heterocycles. The third-order valence-corrected chi connectivity index (χ3v) is 10.3. The molecular formula is C45H74Cl6N6O13. The lowest BCUT2D eigenvalue weighted by Gasteiger charge is -2.34. The van der Waals surface area contributed by atoms with Gasteiger partial charge in [0.2, 0.25) is 13.5 Å². The second-order valence-corrected chi connectivity index (χ2v) is 23.5. The van der Waals surface area contributed by atoms with Crippen LogP contribution in [0.25, 0.3) is 0 Å². The summed E-state index contributed by atoms with van der Waals surface area (Å²) >= 11 is 33.4. The van der Waals surface area contributed by atoms with Crippen LogP contribution in [0.15, 0.2) is 25.3 Å². The molecule has 5 N–H and O–H groups in total. The van der Waals surface area contributed by atoms with E-state index in [9.17, 15) is 33.6 Å². The predicted octanol–water partition coefficient (Wildman–Crippen LogP) is 7.01. The van der Waals surface area contributed by atoms with Gasteiger partial charge < -0.3 is 39.4 Å². The summed E-state index contributed by atoms with van der Waals surface area (Å²) in [4.78, 5) is 84.6. The first-order valence-electron chi connectivity index (χ1n) is 22.8. The third kappa shape index (κ3) is 29.0. The quantitative estimate of drug-likeness (QED) is 0.0357. The number of hydrogen-bond acceptors (Lipinski definition) is 14. The number of alkyl halides is 6. The van der Waals surface area contributed by atoms with Gasteiger partial charge in [-0.3, -0.25) is 34.0 Å². The van der Waals surface area contributed by atoms with Crippen LogP contribution < -0.4 is 21.5 Å². The highest BCUT2D eigenvalue weighted by Gasteiger charge is 2.36. The number of ether oxygens (including phenoxy) is 5. The molecule has 2 saturated heterocycles. The van der Waals surface area contributed by atoms with Crippen molar-refractivity contribution in [2.24, 2.45) is 23.7 Å². The first-order valence-corrected chi connectivity index (χ1v) is 25.0. The lowest BCUT2D eigenvalue weighted by Crippen LogP contribution is -2.60. The van der Waals surface area contributed by atoms with Crippen LogP contribution in [0.3, 0.4) is 0 Å². The highest BCUT2D eigenvalue weighted by Crippen LogP contribution is 2.27. The summed E-state index contributed by atoms with van der Waals surface area (Å²) in [5.41, 5.74) is 4.94. The topological polar surface area (TPSA) is 240 Å². The zero-order valence-electron chi connectivity index (χ0n) is 41.9. The normalized spacial score (nSPS) is 19.0. The fraction of sp³-hybridized carbons (Fsp3) is 0.756. The summed E-state index contributed by atoms with van der Waals surface area (Å²) in [7, 11) is 0. The number of aliphatic carboxylic acids is 1. The van der Waals surface area contributed by atoms with Gasteiger partial charge in [0, 0.05) is 13.1 Å². The number of rotatable bonds is 20. The van der Waals surface area contributed by atoms with E-state index in [0.717, 1.165) is 0 Å². The number of esters is 2. The van der Waals surface area contributed by atoms with Gasteiger partial charge in [-0.15, -0.1) is 13.2 Å². The fourth-order valence-electron chi connectivity index (χ4n) is 5.87. The number of alkyl carbamates (subject to hydrolysis) is 1. The lowest BCUT2D eigenvalue weighted by molar-refractivity contribution is -0.154. The molecule has 2 heterocycles. The van der Waals surface area contributed by atoms with Gasteiger partial charge in [-0.25, -0.2) is 20.4 Å². The number of nitrogens with zero attached hydrogens (tertiary/aromatic N) is 2. The monoisotopic (exact) mass is 1120 g/mol. The summed E-state index contributed by atoms with van der Waals surface area (Å²) in [6.45, 7) is 27.6. The van der Waals surface area contributed by atoms with Gasteiger partial charge in [0.15, 0.2) is 6.10 Å². The smallest absolute Gasteiger partial charge is 0.408 e. The second kappa shape index (κ2) is 32.4. The van der Waals surface area contributed by atoms with Gasteiger partial charge in [0.05, 0.1) is 13.2 Å². The van der Waals surface area contributed by atoms with E-state index in [4.69, 9.17) is 98.4 Å². The van der Waals surface area contributed by atoms with Crippen molar-refractivity contribution < 1.29 is 62.4 Å². The number of carboxylic acids is 1. The van der Waals surface area contributed by atoms with Crippen molar-refractivity contribution in [2.75, 3.05) is 39.5 Å². The first kappa shape index (κ1) is 67.1. The molecule has 404 valence electrons. The fourth-order valence-corrected chi connectivity index (χ4v) is 6.20. The molecule has 2 rings (SSSR count). The van der Waals surface area contributed by atoms with Crippen LogP contribution >= 0.6 is 69.6 Å². The van der Waals surface area contributed by atoms with E-state index in [2.05, 4.69) is 34.6 Å². The predicted molar refractivity (Wildman–Crippen MR) is 270 cm³/mol.